The van der Waals surface area contributed by atoms with E-state index in [1.165, 1.54) is 89.9 Å². The zero-order valence-electron chi connectivity index (χ0n) is 34.1. The van der Waals surface area contributed by atoms with E-state index >= 15 is 0 Å². The fraction of sp³-hybridized carbons (Fsp3) is 0.951. The fourth-order valence-electron chi connectivity index (χ4n) is 6.90. The number of aliphatic hydroxyl groups excluding tert-OH is 7. The van der Waals surface area contributed by atoms with Crippen LogP contribution in [0.15, 0.2) is 0 Å². The van der Waals surface area contributed by atoms with Crippen molar-refractivity contribution in [1.82, 2.24) is 0 Å². The first kappa shape index (κ1) is 50.6. The van der Waals surface area contributed by atoms with E-state index < -0.39 is 92.7 Å². The third kappa shape index (κ3) is 20.0. The molecule has 56 heavy (non-hydrogen) atoms. The maximum Gasteiger partial charge on any atom is 0.306 e. The van der Waals surface area contributed by atoms with Crippen LogP contribution in [-0.2, 0) is 38.0 Å². The molecule has 0 aromatic carbocycles. The Balaban J connectivity index is 1.73. The normalized spacial score (nSPS) is 28.6. The first-order valence-electron chi connectivity index (χ1n) is 21.6. The highest BCUT2D eigenvalue weighted by Gasteiger charge is 2.47. The summed E-state index contributed by atoms with van der Waals surface area (Å²) in [4.78, 5) is 25.0. The Kier molecular flexibility index (Phi) is 27.6. The lowest BCUT2D eigenvalue weighted by atomic mass is 9.98. The van der Waals surface area contributed by atoms with Crippen molar-refractivity contribution in [2.75, 3.05) is 26.4 Å². The van der Waals surface area contributed by atoms with Crippen molar-refractivity contribution in [3.63, 3.8) is 0 Å². The maximum absolute atomic E-state index is 12.8. The summed E-state index contributed by atoms with van der Waals surface area (Å²) in [5, 5.41) is 71.4. The highest BCUT2D eigenvalue weighted by Crippen LogP contribution is 2.26. The summed E-state index contributed by atoms with van der Waals surface area (Å²) in [6.07, 6.45) is 7.25. The standard InChI is InChI=1S/C41H76O15/c1-3-5-7-8-9-10-11-12-13-14-15-16-17-18-19-20-21-22-24-33(44)54-29(26-51-32(43)23-6-4-2)27-52-40-39(50)37(48)35(46)31(56-40)28-53-41-38(49)36(47)34(45)30(25-42)55-41/h29-31,34-42,45-50H,3-28H2,1-2H3. The van der Waals surface area contributed by atoms with Crippen LogP contribution >= 0.6 is 0 Å². The van der Waals surface area contributed by atoms with Crippen molar-refractivity contribution in [1.29, 1.82) is 0 Å². The van der Waals surface area contributed by atoms with Crippen LogP contribution in [0, 0.1) is 0 Å². The molecule has 2 rings (SSSR count). The molecule has 0 bridgehead atoms. The number of carbonyl (C=O) groups excluding carboxylic acids is 2. The van der Waals surface area contributed by atoms with E-state index in [9.17, 15) is 45.3 Å². The molecule has 0 aliphatic carbocycles. The molecule has 0 amide bonds. The summed E-state index contributed by atoms with van der Waals surface area (Å²) in [5.41, 5.74) is 0. The Morgan fingerprint density at radius 1 is 0.500 bits per heavy atom. The van der Waals surface area contributed by atoms with Crippen molar-refractivity contribution in [2.45, 2.75) is 223 Å². The van der Waals surface area contributed by atoms with Gasteiger partial charge in [-0.25, -0.2) is 0 Å². The van der Waals surface area contributed by atoms with Crippen LogP contribution in [0.1, 0.15) is 155 Å². The van der Waals surface area contributed by atoms with Crippen molar-refractivity contribution in [3.05, 3.63) is 0 Å². The number of esters is 2. The van der Waals surface area contributed by atoms with Crippen LogP contribution in [-0.4, -0.2) is 142 Å². The Bertz CT molecular complexity index is 1000. The number of ether oxygens (including phenoxy) is 6. The van der Waals surface area contributed by atoms with Crippen LogP contribution < -0.4 is 0 Å². The van der Waals surface area contributed by atoms with E-state index in [2.05, 4.69) is 6.92 Å². The average Bonchev–Trinajstić information content (AvgIpc) is 3.19. The Morgan fingerprint density at radius 2 is 0.929 bits per heavy atom. The number of rotatable bonds is 32. The summed E-state index contributed by atoms with van der Waals surface area (Å²) in [6, 6.07) is 0. The smallest absolute Gasteiger partial charge is 0.306 e. The van der Waals surface area contributed by atoms with Gasteiger partial charge in [0.15, 0.2) is 18.7 Å². The predicted octanol–water partition coefficient (Wildman–Crippen LogP) is 3.70. The SMILES string of the molecule is CCCCCCCCCCCCCCCCCCCCC(=O)OC(COC(=O)CCCC)COC1OC(COC2OC(CO)C(O)C(O)C2O)C(O)C(O)C1O. The molecule has 2 fully saturated rings. The molecule has 2 saturated heterocycles. The summed E-state index contributed by atoms with van der Waals surface area (Å²) >= 11 is 0. The number of hydrogen-bond acceptors (Lipinski definition) is 15. The number of aliphatic hydroxyl groups is 7. The van der Waals surface area contributed by atoms with Gasteiger partial charge in [-0.1, -0.05) is 129 Å². The molecule has 15 heteroatoms. The zero-order valence-corrected chi connectivity index (χ0v) is 34.1. The van der Waals surface area contributed by atoms with Gasteiger partial charge >= 0.3 is 11.9 Å². The number of hydrogen-bond donors (Lipinski definition) is 7. The maximum atomic E-state index is 12.8. The molecule has 15 nitrogen and oxygen atoms in total. The molecular weight excluding hydrogens is 732 g/mol. The zero-order chi connectivity index (χ0) is 41.1. The molecular formula is C41H76O15. The van der Waals surface area contributed by atoms with E-state index in [-0.39, 0.29) is 26.1 Å². The van der Waals surface area contributed by atoms with Gasteiger partial charge in [-0.2, -0.15) is 0 Å². The van der Waals surface area contributed by atoms with Crippen LogP contribution in [0.2, 0.25) is 0 Å². The summed E-state index contributed by atoms with van der Waals surface area (Å²) in [6.45, 7) is 2.31. The van der Waals surface area contributed by atoms with Gasteiger partial charge in [-0.15, -0.1) is 0 Å². The van der Waals surface area contributed by atoms with E-state index in [0.717, 1.165) is 25.7 Å². The second-order valence-electron chi connectivity index (χ2n) is 15.5. The van der Waals surface area contributed by atoms with Crippen LogP contribution in [0.4, 0.5) is 0 Å². The summed E-state index contributed by atoms with van der Waals surface area (Å²) < 4.78 is 33.0. The third-order valence-corrected chi connectivity index (χ3v) is 10.6. The largest absolute Gasteiger partial charge is 0.462 e. The summed E-state index contributed by atoms with van der Waals surface area (Å²) in [5.74, 6) is -0.958. The van der Waals surface area contributed by atoms with Gasteiger partial charge in [0.25, 0.3) is 0 Å². The molecule has 2 heterocycles. The van der Waals surface area contributed by atoms with Crippen LogP contribution in [0.3, 0.4) is 0 Å². The van der Waals surface area contributed by atoms with Crippen LogP contribution in [0.25, 0.3) is 0 Å². The topological polar surface area (TPSA) is 231 Å². The molecule has 11 unspecified atom stereocenters. The lowest BCUT2D eigenvalue weighted by Crippen LogP contribution is -2.61. The quantitative estimate of drug-likeness (QED) is 0.0380. The number of carbonyl (C=O) groups is 2. The van der Waals surface area contributed by atoms with Gasteiger partial charge in [0, 0.05) is 12.8 Å². The lowest BCUT2D eigenvalue weighted by Gasteiger charge is -2.42. The van der Waals surface area contributed by atoms with Gasteiger partial charge in [-0.3, -0.25) is 9.59 Å². The van der Waals surface area contributed by atoms with Gasteiger partial charge in [0.05, 0.1) is 19.8 Å². The van der Waals surface area contributed by atoms with Gasteiger partial charge in [0.2, 0.25) is 0 Å². The first-order chi connectivity index (χ1) is 27.0. The van der Waals surface area contributed by atoms with E-state index in [1.807, 2.05) is 6.92 Å². The Morgan fingerprint density at radius 3 is 1.43 bits per heavy atom. The minimum Gasteiger partial charge on any atom is -0.462 e. The van der Waals surface area contributed by atoms with Crippen molar-refractivity contribution in [2.24, 2.45) is 0 Å². The van der Waals surface area contributed by atoms with Crippen molar-refractivity contribution >= 4 is 11.9 Å². The molecule has 0 aromatic rings. The average molecular weight is 809 g/mol. The van der Waals surface area contributed by atoms with Crippen molar-refractivity contribution < 1.29 is 73.8 Å². The highest BCUT2D eigenvalue weighted by atomic mass is 16.7. The third-order valence-electron chi connectivity index (χ3n) is 10.6. The molecule has 2 aliphatic rings. The summed E-state index contributed by atoms with van der Waals surface area (Å²) in [7, 11) is 0. The Labute approximate surface area is 334 Å². The van der Waals surface area contributed by atoms with E-state index in [1.54, 1.807) is 0 Å². The number of unbranched alkanes of at least 4 members (excludes halogenated alkanes) is 18. The second-order valence-corrected chi connectivity index (χ2v) is 15.5. The van der Waals surface area contributed by atoms with Crippen LogP contribution in [0.5, 0.6) is 0 Å². The first-order valence-corrected chi connectivity index (χ1v) is 21.6. The van der Waals surface area contributed by atoms with Crippen molar-refractivity contribution in [3.8, 4) is 0 Å². The predicted molar refractivity (Wildman–Crippen MR) is 206 cm³/mol. The monoisotopic (exact) mass is 809 g/mol. The molecule has 0 aromatic heterocycles. The second kappa shape index (κ2) is 30.5. The molecule has 2 aliphatic heterocycles. The molecule has 7 N–H and O–H groups in total. The van der Waals surface area contributed by atoms with Gasteiger partial charge in [0.1, 0.15) is 55.4 Å². The molecule has 0 radical (unpaired) electrons. The van der Waals surface area contributed by atoms with E-state index in [4.69, 9.17) is 28.4 Å². The lowest BCUT2D eigenvalue weighted by molar-refractivity contribution is -0.332. The van der Waals surface area contributed by atoms with Gasteiger partial charge < -0.3 is 64.2 Å². The molecule has 0 spiro atoms. The van der Waals surface area contributed by atoms with Gasteiger partial charge in [-0.05, 0) is 12.8 Å². The van der Waals surface area contributed by atoms with E-state index in [0.29, 0.717) is 12.8 Å². The Hall–Kier alpha value is -1.50. The minimum atomic E-state index is -1.76. The molecule has 11 atom stereocenters. The fourth-order valence-corrected chi connectivity index (χ4v) is 6.90. The minimum absolute atomic E-state index is 0.170. The molecule has 0 saturated carbocycles. The molecule has 330 valence electrons. The highest BCUT2D eigenvalue weighted by molar-refractivity contribution is 5.70.